The van der Waals surface area contributed by atoms with E-state index in [1.807, 2.05) is 12.5 Å². The number of thioether (sulfide) groups is 2. The Hall–Kier alpha value is -1.99. The van der Waals surface area contributed by atoms with Crippen LogP contribution in [0.4, 0.5) is 0 Å². The third-order valence-corrected chi connectivity index (χ3v) is 5.74. The summed E-state index contributed by atoms with van der Waals surface area (Å²) in [6, 6.07) is -4.47. The van der Waals surface area contributed by atoms with E-state index in [4.69, 9.17) is 10.8 Å². The number of hydrogen-bond acceptors (Lipinski definition) is 8. The first kappa shape index (κ1) is 30.0. The number of nitrogens with two attached hydrogens (primary N) is 1. The van der Waals surface area contributed by atoms with Gasteiger partial charge in [0.25, 0.3) is 0 Å². The minimum atomic E-state index is -1.32. The molecule has 184 valence electrons. The highest BCUT2D eigenvalue weighted by Crippen LogP contribution is 2.08. The average molecular weight is 495 g/mol. The molecule has 11 nitrogen and oxygen atoms in total. The van der Waals surface area contributed by atoms with Gasteiger partial charge in [0.2, 0.25) is 17.7 Å². The van der Waals surface area contributed by atoms with Crippen molar-refractivity contribution in [2.75, 3.05) is 24.0 Å². The molecule has 0 fully saturated rings. The summed E-state index contributed by atoms with van der Waals surface area (Å²) in [6.07, 6.45) is 3.55. The van der Waals surface area contributed by atoms with Crippen LogP contribution in [0.15, 0.2) is 0 Å². The van der Waals surface area contributed by atoms with Gasteiger partial charge >= 0.3 is 11.9 Å². The van der Waals surface area contributed by atoms with Gasteiger partial charge in [-0.3, -0.25) is 19.2 Å². The molecule has 4 unspecified atom stereocenters. The van der Waals surface area contributed by atoms with Gasteiger partial charge in [-0.2, -0.15) is 23.5 Å². The Morgan fingerprint density at radius 1 is 0.812 bits per heavy atom. The largest absolute Gasteiger partial charge is 0.481 e. The summed E-state index contributed by atoms with van der Waals surface area (Å²) >= 11 is 2.90. The lowest BCUT2D eigenvalue weighted by Gasteiger charge is -2.26. The highest BCUT2D eigenvalue weighted by atomic mass is 32.2. The number of carboxylic acid groups (broad SMARTS) is 2. The Kier molecular flexibility index (Phi) is 14.8. The Morgan fingerprint density at radius 2 is 1.25 bits per heavy atom. The molecule has 0 spiro atoms. The Morgan fingerprint density at radius 3 is 1.62 bits per heavy atom. The fraction of sp³-hybridized carbons (Fsp3) is 0.737. The predicted molar refractivity (Wildman–Crippen MR) is 124 cm³/mol. The topological polar surface area (TPSA) is 188 Å². The maximum Gasteiger partial charge on any atom is 0.326 e. The lowest BCUT2D eigenvalue weighted by atomic mass is 10.0. The normalized spacial score (nSPS) is 14.7. The molecule has 13 heteroatoms. The number of hydrogen-bond donors (Lipinski definition) is 6. The van der Waals surface area contributed by atoms with Crippen LogP contribution in [-0.2, 0) is 24.0 Å². The second-order valence-electron chi connectivity index (χ2n) is 7.46. The smallest absolute Gasteiger partial charge is 0.326 e. The molecule has 0 aliphatic rings. The first-order valence-electron chi connectivity index (χ1n) is 10.0. The van der Waals surface area contributed by atoms with Crippen LogP contribution in [0.2, 0.25) is 0 Å². The van der Waals surface area contributed by atoms with Gasteiger partial charge in [-0.15, -0.1) is 0 Å². The van der Waals surface area contributed by atoms with Crippen molar-refractivity contribution in [1.82, 2.24) is 16.0 Å². The first-order valence-corrected chi connectivity index (χ1v) is 12.8. The highest BCUT2D eigenvalue weighted by Gasteiger charge is 2.31. The summed E-state index contributed by atoms with van der Waals surface area (Å²) in [5.41, 5.74) is 5.57. The van der Waals surface area contributed by atoms with E-state index in [1.165, 1.54) is 23.5 Å². The number of nitrogens with one attached hydrogen (secondary N) is 3. The fourth-order valence-corrected chi connectivity index (χ4v) is 3.55. The van der Waals surface area contributed by atoms with Crippen molar-refractivity contribution in [3.63, 3.8) is 0 Å². The second-order valence-corrected chi connectivity index (χ2v) is 9.43. The molecule has 32 heavy (non-hydrogen) atoms. The standard InChI is InChI=1S/C19H34N4O7S2/c1-10(2)15(19(29)30)23-18(28)13(6-8-32-4)22-17(27)12(5-7-31-3)21-16(26)11(20)9-14(24)25/h10-13,15H,5-9,20H2,1-4H3,(H,21,26)(H,22,27)(H,23,28)(H,24,25)(H,29,30). The summed E-state index contributed by atoms with van der Waals surface area (Å²) in [6.45, 7) is 3.31. The minimum Gasteiger partial charge on any atom is -0.481 e. The molecule has 0 saturated heterocycles. The van der Waals surface area contributed by atoms with E-state index < -0.39 is 60.2 Å². The third kappa shape index (κ3) is 11.6. The Bertz CT molecular complexity index is 664. The molecular weight excluding hydrogens is 460 g/mol. The number of aliphatic carboxylic acids is 2. The molecule has 0 bridgehead atoms. The van der Waals surface area contributed by atoms with Gasteiger partial charge in [-0.1, -0.05) is 13.8 Å². The van der Waals surface area contributed by atoms with Gasteiger partial charge in [0, 0.05) is 0 Å². The number of carboxylic acids is 2. The van der Waals surface area contributed by atoms with E-state index in [-0.39, 0.29) is 18.8 Å². The third-order valence-electron chi connectivity index (χ3n) is 4.45. The van der Waals surface area contributed by atoms with Crippen molar-refractivity contribution < 1.29 is 34.2 Å². The van der Waals surface area contributed by atoms with Crippen molar-refractivity contribution in [3.8, 4) is 0 Å². The van der Waals surface area contributed by atoms with Crippen LogP contribution in [0, 0.1) is 5.92 Å². The molecule has 0 aromatic carbocycles. The van der Waals surface area contributed by atoms with Crippen LogP contribution in [0.3, 0.4) is 0 Å². The monoisotopic (exact) mass is 494 g/mol. The Labute approximate surface area is 196 Å². The van der Waals surface area contributed by atoms with Crippen LogP contribution in [0.1, 0.15) is 33.1 Å². The second kappa shape index (κ2) is 15.8. The molecule has 0 aromatic heterocycles. The van der Waals surface area contributed by atoms with Gasteiger partial charge in [0.05, 0.1) is 12.5 Å². The number of carbonyl (C=O) groups is 5. The van der Waals surface area contributed by atoms with Gasteiger partial charge in [0.15, 0.2) is 0 Å². The van der Waals surface area contributed by atoms with Crippen LogP contribution < -0.4 is 21.7 Å². The average Bonchev–Trinajstić information content (AvgIpc) is 2.70. The zero-order chi connectivity index (χ0) is 24.8. The molecule has 0 radical (unpaired) electrons. The molecule has 0 aliphatic carbocycles. The minimum absolute atomic E-state index is 0.235. The summed E-state index contributed by atoms with van der Waals surface area (Å²) in [5, 5.41) is 25.6. The maximum absolute atomic E-state index is 12.9. The lowest BCUT2D eigenvalue weighted by Crippen LogP contribution is -2.58. The molecule has 0 aromatic rings. The molecule has 0 heterocycles. The van der Waals surface area contributed by atoms with Crippen molar-refractivity contribution in [2.45, 2.75) is 57.3 Å². The number of amides is 3. The summed E-state index contributed by atoms with van der Waals surface area (Å²) in [7, 11) is 0. The van der Waals surface area contributed by atoms with E-state index in [0.717, 1.165) is 0 Å². The fourth-order valence-electron chi connectivity index (χ4n) is 2.61. The van der Waals surface area contributed by atoms with Crippen molar-refractivity contribution >= 4 is 53.2 Å². The summed E-state index contributed by atoms with van der Waals surface area (Å²) < 4.78 is 0. The zero-order valence-electron chi connectivity index (χ0n) is 18.8. The van der Waals surface area contributed by atoms with Crippen LogP contribution >= 0.6 is 23.5 Å². The molecular formula is C19H34N4O7S2. The summed E-state index contributed by atoms with van der Waals surface area (Å²) in [5.74, 6) is -3.79. The van der Waals surface area contributed by atoms with Crippen LogP contribution in [0.25, 0.3) is 0 Å². The lowest BCUT2D eigenvalue weighted by molar-refractivity contribution is -0.143. The van der Waals surface area contributed by atoms with Gasteiger partial charge < -0.3 is 31.9 Å². The first-order chi connectivity index (χ1) is 14.9. The van der Waals surface area contributed by atoms with Crippen LogP contribution in [-0.4, -0.2) is 88.1 Å². The summed E-state index contributed by atoms with van der Waals surface area (Å²) in [4.78, 5) is 60.0. The van der Waals surface area contributed by atoms with Gasteiger partial charge in [0.1, 0.15) is 18.1 Å². The quantitative estimate of drug-likeness (QED) is 0.163. The molecule has 4 atom stereocenters. The van der Waals surface area contributed by atoms with Crippen LogP contribution in [0.5, 0.6) is 0 Å². The highest BCUT2D eigenvalue weighted by molar-refractivity contribution is 7.98. The molecule has 0 saturated carbocycles. The van der Waals surface area contributed by atoms with Gasteiger partial charge in [-0.25, -0.2) is 4.79 Å². The van der Waals surface area contributed by atoms with E-state index in [2.05, 4.69) is 16.0 Å². The van der Waals surface area contributed by atoms with E-state index in [0.29, 0.717) is 11.5 Å². The van der Waals surface area contributed by atoms with Crippen molar-refractivity contribution in [2.24, 2.45) is 11.7 Å². The van der Waals surface area contributed by atoms with Crippen molar-refractivity contribution in [3.05, 3.63) is 0 Å². The van der Waals surface area contributed by atoms with Crippen molar-refractivity contribution in [1.29, 1.82) is 0 Å². The van der Waals surface area contributed by atoms with E-state index in [9.17, 15) is 29.1 Å². The van der Waals surface area contributed by atoms with Gasteiger partial charge in [-0.05, 0) is 42.8 Å². The number of carbonyl (C=O) groups excluding carboxylic acids is 3. The SMILES string of the molecule is CSCCC(NC(=O)C(N)CC(=O)O)C(=O)NC(CCSC)C(=O)NC(C(=O)O)C(C)C. The number of rotatable bonds is 16. The molecule has 0 rings (SSSR count). The predicted octanol–water partition coefficient (Wildman–Crippen LogP) is -0.510. The molecule has 7 N–H and O–H groups in total. The Balaban J connectivity index is 5.41. The molecule has 3 amide bonds. The van der Waals surface area contributed by atoms with E-state index >= 15 is 0 Å². The van der Waals surface area contributed by atoms with E-state index in [1.54, 1.807) is 13.8 Å². The maximum atomic E-state index is 12.9. The zero-order valence-corrected chi connectivity index (χ0v) is 20.4. The molecule has 0 aliphatic heterocycles.